The monoisotopic (exact) mass is 353 g/mol. The number of nitrogens with zero attached hydrogens (tertiary/aromatic N) is 4. The lowest BCUT2D eigenvalue weighted by Crippen LogP contribution is -2.37. The van der Waals surface area contributed by atoms with Gasteiger partial charge in [0.05, 0.1) is 12.6 Å². The van der Waals surface area contributed by atoms with Crippen LogP contribution in [0.15, 0.2) is 25.6 Å². The molecule has 2 aromatic heterocycles. The number of hydrogen-bond acceptors (Lipinski definition) is 6. The Kier molecular flexibility index (Phi) is 4.76. The molecule has 0 amide bonds. The van der Waals surface area contributed by atoms with Crippen LogP contribution in [0.2, 0.25) is 0 Å². The SMILES string of the molecule is Cn1c(CSc2n[nH]c(=O)n2CC2CCCO2)cc(=O)n(C)c1=O. The van der Waals surface area contributed by atoms with Gasteiger partial charge >= 0.3 is 11.4 Å². The molecule has 1 fully saturated rings. The molecule has 2 aromatic rings. The van der Waals surface area contributed by atoms with Gasteiger partial charge < -0.3 is 4.74 Å². The highest BCUT2D eigenvalue weighted by Crippen LogP contribution is 2.20. The van der Waals surface area contributed by atoms with E-state index in [1.807, 2.05) is 0 Å². The summed E-state index contributed by atoms with van der Waals surface area (Å²) in [7, 11) is 3.05. The third-order valence-electron chi connectivity index (χ3n) is 4.11. The highest BCUT2D eigenvalue weighted by molar-refractivity contribution is 7.98. The first-order valence-electron chi connectivity index (χ1n) is 7.63. The number of thioether (sulfide) groups is 1. The predicted octanol–water partition coefficient (Wildman–Crippen LogP) is -0.560. The number of hydrogen-bond donors (Lipinski definition) is 1. The molecule has 130 valence electrons. The van der Waals surface area contributed by atoms with Crippen molar-refractivity contribution >= 4 is 11.8 Å². The first-order chi connectivity index (χ1) is 11.5. The molecule has 0 bridgehead atoms. The zero-order valence-corrected chi connectivity index (χ0v) is 14.3. The minimum Gasteiger partial charge on any atom is -0.376 e. The van der Waals surface area contributed by atoms with Gasteiger partial charge in [-0.3, -0.25) is 18.5 Å². The molecule has 0 aromatic carbocycles. The molecule has 3 heterocycles. The second-order valence-corrected chi connectivity index (χ2v) is 6.66. The Balaban J connectivity index is 1.79. The summed E-state index contributed by atoms with van der Waals surface area (Å²) >= 11 is 1.30. The molecule has 0 saturated carbocycles. The van der Waals surface area contributed by atoms with E-state index in [4.69, 9.17) is 4.74 Å². The molecule has 10 heteroatoms. The predicted molar refractivity (Wildman–Crippen MR) is 88.3 cm³/mol. The fraction of sp³-hybridized carbons (Fsp3) is 0.571. The minimum absolute atomic E-state index is 0.0213. The van der Waals surface area contributed by atoms with E-state index in [1.54, 1.807) is 11.6 Å². The third-order valence-corrected chi connectivity index (χ3v) is 5.12. The van der Waals surface area contributed by atoms with Gasteiger partial charge in [0, 0.05) is 38.2 Å². The van der Waals surface area contributed by atoms with Gasteiger partial charge in [0.2, 0.25) is 0 Å². The summed E-state index contributed by atoms with van der Waals surface area (Å²) in [6.07, 6.45) is 1.94. The smallest absolute Gasteiger partial charge is 0.344 e. The van der Waals surface area contributed by atoms with Crippen LogP contribution in [0.3, 0.4) is 0 Å². The lowest BCUT2D eigenvalue weighted by atomic mass is 10.2. The maximum absolute atomic E-state index is 11.9. The normalized spacial score (nSPS) is 17.5. The van der Waals surface area contributed by atoms with Gasteiger partial charge in [-0.15, -0.1) is 5.10 Å². The molecular formula is C14H19N5O4S. The third kappa shape index (κ3) is 3.24. The Morgan fingerprint density at radius 3 is 2.83 bits per heavy atom. The average Bonchev–Trinajstić information content (AvgIpc) is 3.19. The van der Waals surface area contributed by atoms with Gasteiger partial charge in [0.15, 0.2) is 5.16 Å². The van der Waals surface area contributed by atoms with E-state index in [-0.39, 0.29) is 23.0 Å². The van der Waals surface area contributed by atoms with Crippen LogP contribution in [0.25, 0.3) is 0 Å². The first-order valence-corrected chi connectivity index (χ1v) is 8.61. The Morgan fingerprint density at radius 1 is 1.33 bits per heavy atom. The number of H-pyrrole nitrogens is 1. The van der Waals surface area contributed by atoms with Crippen molar-refractivity contribution in [3.63, 3.8) is 0 Å². The van der Waals surface area contributed by atoms with E-state index >= 15 is 0 Å². The minimum atomic E-state index is -0.378. The van der Waals surface area contributed by atoms with E-state index in [0.29, 0.717) is 23.1 Å². The molecule has 1 saturated heterocycles. The first kappa shape index (κ1) is 16.8. The number of ether oxygens (including phenoxy) is 1. The van der Waals surface area contributed by atoms with Crippen LogP contribution in [0.1, 0.15) is 18.5 Å². The van der Waals surface area contributed by atoms with Crippen molar-refractivity contribution in [3.05, 3.63) is 43.1 Å². The molecule has 1 N–H and O–H groups in total. The Hall–Kier alpha value is -2.07. The van der Waals surface area contributed by atoms with Crippen molar-refractivity contribution in [2.24, 2.45) is 14.1 Å². The highest BCUT2D eigenvalue weighted by Gasteiger charge is 2.20. The summed E-state index contributed by atoms with van der Waals surface area (Å²) in [5, 5.41) is 6.98. The highest BCUT2D eigenvalue weighted by atomic mass is 32.2. The molecular weight excluding hydrogens is 334 g/mol. The molecule has 0 radical (unpaired) electrons. The summed E-state index contributed by atoms with van der Waals surface area (Å²) in [4.78, 5) is 35.6. The quantitative estimate of drug-likeness (QED) is 0.723. The second kappa shape index (κ2) is 6.81. The lowest BCUT2D eigenvalue weighted by molar-refractivity contribution is 0.0941. The van der Waals surface area contributed by atoms with Crippen molar-refractivity contribution in [3.8, 4) is 0 Å². The zero-order chi connectivity index (χ0) is 17.3. The van der Waals surface area contributed by atoms with E-state index in [1.165, 1.54) is 29.4 Å². The molecule has 3 rings (SSSR count). The Bertz CT molecular complexity index is 903. The van der Waals surface area contributed by atoms with Gasteiger partial charge in [-0.1, -0.05) is 11.8 Å². The van der Waals surface area contributed by atoms with Crippen LogP contribution in [0.4, 0.5) is 0 Å². The maximum Gasteiger partial charge on any atom is 0.344 e. The van der Waals surface area contributed by atoms with Crippen LogP contribution >= 0.6 is 11.8 Å². The van der Waals surface area contributed by atoms with Crippen molar-refractivity contribution in [1.29, 1.82) is 0 Å². The molecule has 0 aliphatic carbocycles. The van der Waals surface area contributed by atoms with E-state index in [0.717, 1.165) is 24.0 Å². The summed E-state index contributed by atoms with van der Waals surface area (Å²) < 4.78 is 9.58. The average molecular weight is 353 g/mol. The fourth-order valence-electron chi connectivity index (χ4n) is 2.62. The lowest BCUT2D eigenvalue weighted by Gasteiger charge is -2.12. The second-order valence-electron chi connectivity index (χ2n) is 5.72. The summed E-state index contributed by atoms with van der Waals surface area (Å²) in [5.41, 5.74) is -0.442. The Labute approximate surface area is 141 Å². The molecule has 0 spiro atoms. The Morgan fingerprint density at radius 2 is 2.12 bits per heavy atom. The van der Waals surface area contributed by atoms with Crippen LogP contribution in [-0.2, 0) is 31.1 Å². The summed E-state index contributed by atoms with van der Waals surface area (Å²) in [6, 6.07) is 1.42. The van der Waals surface area contributed by atoms with Crippen molar-refractivity contribution in [2.75, 3.05) is 6.61 Å². The van der Waals surface area contributed by atoms with Crippen LogP contribution in [0, 0.1) is 0 Å². The number of aromatic nitrogens is 5. The molecule has 1 aliphatic heterocycles. The van der Waals surface area contributed by atoms with Crippen molar-refractivity contribution in [2.45, 2.75) is 36.4 Å². The van der Waals surface area contributed by atoms with Crippen LogP contribution < -0.4 is 16.9 Å². The topological polar surface area (TPSA) is 104 Å². The molecule has 1 aliphatic rings. The maximum atomic E-state index is 11.9. The van der Waals surface area contributed by atoms with Gasteiger partial charge in [0.25, 0.3) is 5.56 Å². The van der Waals surface area contributed by atoms with Crippen molar-refractivity contribution < 1.29 is 4.74 Å². The zero-order valence-electron chi connectivity index (χ0n) is 13.5. The largest absolute Gasteiger partial charge is 0.376 e. The van der Waals surface area contributed by atoms with Crippen LogP contribution in [-0.4, -0.2) is 36.6 Å². The molecule has 1 atom stereocenters. The van der Waals surface area contributed by atoms with Gasteiger partial charge in [0.1, 0.15) is 0 Å². The summed E-state index contributed by atoms with van der Waals surface area (Å²) in [5.74, 6) is 0.359. The number of rotatable bonds is 5. The van der Waals surface area contributed by atoms with Gasteiger partial charge in [-0.25, -0.2) is 14.7 Å². The molecule has 9 nitrogen and oxygen atoms in total. The summed E-state index contributed by atoms with van der Waals surface area (Å²) in [6.45, 7) is 1.17. The van der Waals surface area contributed by atoms with Gasteiger partial charge in [-0.2, -0.15) is 0 Å². The van der Waals surface area contributed by atoms with Gasteiger partial charge in [-0.05, 0) is 12.8 Å². The number of nitrogens with one attached hydrogen (secondary N) is 1. The van der Waals surface area contributed by atoms with E-state index in [9.17, 15) is 14.4 Å². The van der Waals surface area contributed by atoms with E-state index in [2.05, 4.69) is 10.2 Å². The number of aromatic amines is 1. The molecule has 1 unspecified atom stereocenters. The van der Waals surface area contributed by atoms with Crippen molar-refractivity contribution in [1.82, 2.24) is 23.9 Å². The van der Waals surface area contributed by atoms with Crippen LogP contribution in [0.5, 0.6) is 0 Å². The standard InChI is InChI=1S/C14H19N5O4S/c1-17-9(6-11(20)18(2)14(17)22)8-24-13-16-15-12(21)19(13)7-10-4-3-5-23-10/h6,10H,3-5,7-8H2,1-2H3,(H,15,21). The fourth-order valence-corrected chi connectivity index (χ4v) is 3.60. The molecule has 24 heavy (non-hydrogen) atoms. The van der Waals surface area contributed by atoms with E-state index < -0.39 is 0 Å².